The summed E-state index contributed by atoms with van der Waals surface area (Å²) in [6, 6.07) is 14.0. The summed E-state index contributed by atoms with van der Waals surface area (Å²) in [5, 5.41) is 12.7. The average molecular weight is 429 g/mol. The van der Waals surface area contributed by atoms with E-state index in [4.69, 9.17) is 9.26 Å². The third kappa shape index (κ3) is 2.96. The van der Waals surface area contributed by atoms with Crippen LogP contribution < -0.4 is 4.74 Å². The van der Waals surface area contributed by atoms with Crippen molar-refractivity contribution in [3.63, 3.8) is 0 Å². The van der Waals surface area contributed by atoms with E-state index in [-0.39, 0.29) is 12.4 Å². The summed E-state index contributed by atoms with van der Waals surface area (Å²) in [5.74, 6) is 2.34. The molecular weight excluding hydrogens is 413 g/mol. The van der Waals surface area contributed by atoms with Crippen LogP contribution in [0.1, 0.15) is 17.4 Å². The highest BCUT2D eigenvalue weighted by Crippen LogP contribution is 2.35. The normalized spacial score (nSPS) is 12.1. The fourth-order valence-corrected chi connectivity index (χ4v) is 3.83. The number of hydrogen-bond donors (Lipinski definition) is 0. The van der Waals surface area contributed by atoms with Gasteiger partial charge in [0.1, 0.15) is 30.2 Å². The summed E-state index contributed by atoms with van der Waals surface area (Å²) >= 11 is 0. The number of fused-ring (bicyclic) bond motifs is 5. The minimum atomic E-state index is -0.363. The zero-order valence-electron chi connectivity index (χ0n) is 16.9. The Labute approximate surface area is 181 Å². The van der Waals surface area contributed by atoms with Crippen LogP contribution in [0, 0.1) is 12.7 Å². The Morgan fingerprint density at radius 2 is 2.00 bits per heavy atom. The van der Waals surface area contributed by atoms with Gasteiger partial charge in [-0.15, -0.1) is 10.2 Å². The van der Waals surface area contributed by atoms with Crippen LogP contribution in [-0.2, 0) is 13.2 Å². The van der Waals surface area contributed by atoms with Crippen molar-refractivity contribution in [2.24, 2.45) is 0 Å². The lowest BCUT2D eigenvalue weighted by Gasteiger charge is -2.10. The zero-order chi connectivity index (χ0) is 21.7. The SMILES string of the molecule is Cc1nc(-c2ncn3c2Cn2c(COc4ccccc4)nnc2-c2cc(F)ccc2-3)no1. The van der Waals surface area contributed by atoms with Crippen LogP contribution in [0.2, 0.25) is 0 Å². The standard InChI is InChI=1S/C22H16FN7O2/c1-13-25-21(28-32-13)20-18-10-29-19(11-31-15-5-3-2-4-6-15)26-27-22(29)16-9-14(23)7-8-17(16)30(18)12-24-20/h2-9,12H,10-11H2,1H3. The molecule has 0 atom stereocenters. The number of aromatic nitrogens is 7. The topological polar surface area (TPSA) is 96.7 Å². The Bertz CT molecular complexity index is 1440. The van der Waals surface area contributed by atoms with Gasteiger partial charge in [-0.05, 0) is 30.3 Å². The molecule has 0 aliphatic carbocycles. The van der Waals surface area contributed by atoms with Crippen molar-refractivity contribution in [2.75, 3.05) is 0 Å². The lowest BCUT2D eigenvalue weighted by atomic mass is 10.1. The molecule has 1 aliphatic heterocycles. The number of benzene rings is 2. The molecule has 0 bridgehead atoms. The molecule has 0 fully saturated rings. The van der Waals surface area contributed by atoms with Gasteiger partial charge in [-0.3, -0.25) is 4.57 Å². The Morgan fingerprint density at radius 1 is 1.12 bits per heavy atom. The summed E-state index contributed by atoms with van der Waals surface area (Å²) in [4.78, 5) is 8.85. The summed E-state index contributed by atoms with van der Waals surface area (Å²) < 4.78 is 29.1. The molecule has 158 valence electrons. The van der Waals surface area contributed by atoms with Crippen LogP contribution >= 0.6 is 0 Å². The molecule has 9 nitrogen and oxygen atoms in total. The minimum absolute atomic E-state index is 0.201. The molecule has 0 saturated carbocycles. The quantitative estimate of drug-likeness (QED) is 0.423. The highest BCUT2D eigenvalue weighted by molar-refractivity contribution is 5.71. The molecule has 0 N–H and O–H groups in total. The molecule has 10 heteroatoms. The van der Waals surface area contributed by atoms with Gasteiger partial charge in [-0.25, -0.2) is 9.37 Å². The third-order valence-electron chi connectivity index (χ3n) is 5.31. The van der Waals surface area contributed by atoms with Crippen molar-refractivity contribution in [3.8, 4) is 34.3 Å². The molecule has 0 unspecified atom stereocenters. The van der Waals surface area contributed by atoms with Gasteiger partial charge in [0.15, 0.2) is 11.6 Å². The van der Waals surface area contributed by atoms with E-state index in [0.717, 1.165) is 17.1 Å². The molecule has 1 aliphatic rings. The highest BCUT2D eigenvalue weighted by atomic mass is 19.1. The molecule has 6 rings (SSSR count). The maximum absolute atomic E-state index is 14.2. The monoisotopic (exact) mass is 429 g/mol. The summed E-state index contributed by atoms with van der Waals surface area (Å²) in [6.07, 6.45) is 1.67. The largest absolute Gasteiger partial charge is 0.486 e. The van der Waals surface area contributed by atoms with Crippen LogP contribution in [0.25, 0.3) is 28.6 Å². The maximum Gasteiger partial charge on any atom is 0.223 e. The molecule has 3 aromatic heterocycles. The van der Waals surface area contributed by atoms with Crippen LogP contribution in [0.5, 0.6) is 5.75 Å². The Kier molecular flexibility index (Phi) is 4.10. The van der Waals surface area contributed by atoms with Gasteiger partial charge < -0.3 is 13.8 Å². The van der Waals surface area contributed by atoms with Gasteiger partial charge >= 0.3 is 0 Å². The minimum Gasteiger partial charge on any atom is -0.486 e. The Morgan fingerprint density at radius 3 is 2.81 bits per heavy atom. The van der Waals surface area contributed by atoms with Crippen molar-refractivity contribution in [1.29, 1.82) is 0 Å². The van der Waals surface area contributed by atoms with Crippen molar-refractivity contribution < 1.29 is 13.7 Å². The lowest BCUT2D eigenvalue weighted by molar-refractivity contribution is 0.290. The second-order valence-corrected chi connectivity index (χ2v) is 7.34. The van der Waals surface area contributed by atoms with Gasteiger partial charge in [0.2, 0.25) is 11.7 Å². The van der Waals surface area contributed by atoms with E-state index >= 15 is 0 Å². The van der Waals surface area contributed by atoms with E-state index in [9.17, 15) is 4.39 Å². The summed E-state index contributed by atoms with van der Waals surface area (Å²) in [6.45, 7) is 2.29. The van der Waals surface area contributed by atoms with Gasteiger partial charge in [-0.2, -0.15) is 4.98 Å². The number of imidazole rings is 1. The number of para-hydroxylation sites is 1. The van der Waals surface area contributed by atoms with Crippen LogP contribution in [0.15, 0.2) is 59.4 Å². The van der Waals surface area contributed by atoms with Crippen molar-refractivity contribution >= 4 is 0 Å². The predicted molar refractivity (Wildman–Crippen MR) is 110 cm³/mol. The predicted octanol–water partition coefficient (Wildman–Crippen LogP) is 3.57. The summed E-state index contributed by atoms with van der Waals surface area (Å²) in [7, 11) is 0. The van der Waals surface area contributed by atoms with E-state index in [0.29, 0.717) is 41.2 Å². The first-order valence-corrected chi connectivity index (χ1v) is 9.94. The number of halogens is 1. The smallest absolute Gasteiger partial charge is 0.223 e. The molecular formula is C22H16FN7O2. The van der Waals surface area contributed by atoms with Crippen molar-refractivity contribution in [1.82, 2.24) is 34.5 Å². The van der Waals surface area contributed by atoms with E-state index in [2.05, 4.69) is 25.3 Å². The summed E-state index contributed by atoms with van der Waals surface area (Å²) in [5.41, 5.74) is 2.73. The van der Waals surface area contributed by atoms with E-state index in [1.807, 2.05) is 39.5 Å². The number of hydrogen-bond acceptors (Lipinski definition) is 7. The maximum atomic E-state index is 14.2. The van der Waals surface area contributed by atoms with Gasteiger partial charge in [0.25, 0.3) is 0 Å². The first-order valence-electron chi connectivity index (χ1n) is 9.94. The van der Waals surface area contributed by atoms with E-state index < -0.39 is 0 Å². The Hall–Kier alpha value is -4.34. The zero-order valence-corrected chi connectivity index (χ0v) is 16.9. The first kappa shape index (κ1) is 18.4. The van der Waals surface area contributed by atoms with Gasteiger partial charge in [-0.1, -0.05) is 23.4 Å². The molecule has 32 heavy (non-hydrogen) atoms. The first-order chi connectivity index (χ1) is 15.7. The van der Waals surface area contributed by atoms with E-state index in [1.54, 1.807) is 19.3 Å². The molecule has 0 spiro atoms. The van der Waals surface area contributed by atoms with Crippen LogP contribution in [0.3, 0.4) is 0 Å². The number of ether oxygens (including phenoxy) is 1. The van der Waals surface area contributed by atoms with Crippen molar-refractivity contribution in [2.45, 2.75) is 20.1 Å². The molecule has 5 aromatic rings. The molecule has 0 saturated heterocycles. The second-order valence-electron chi connectivity index (χ2n) is 7.34. The average Bonchev–Trinajstić information content (AvgIpc) is 3.50. The molecule has 2 aromatic carbocycles. The molecule has 0 radical (unpaired) electrons. The number of rotatable bonds is 4. The Balaban J connectivity index is 1.49. The number of nitrogens with zero attached hydrogens (tertiary/aromatic N) is 7. The van der Waals surface area contributed by atoms with Crippen molar-refractivity contribution in [3.05, 3.63) is 78.1 Å². The second kappa shape index (κ2) is 7.12. The fourth-order valence-electron chi connectivity index (χ4n) is 3.83. The molecule has 0 amide bonds. The number of aryl methyl sites for hydroxylation is 1. The highest BCUT2D eigenvalue weighted by Gasteiger charge is 2.28. The molecule has 4 heterocycles. The third-order valence-corrected chi connectivity index (χ3v) is 5.31. The lowest BCUT2D eigenvalue weighted by Crippen LogP contribution is -2.10. The van der Waals surface area contributed by atoms with Gasteiger partial charge in [0, 0.05) is 12.5 Å². The van der Waals surface area contributed by atoms with Gasteiger partial charge in [0.05, 0.1) is 17.9 Å². The van der Waals surface area contributed by atoms with Crippen LogP contribution in [0.4, 0.5) is 4.39 Å². The fraction of sp³-hybridized carbons (Fsp3) is 0.136. The van der Waals surface area contributed by atoms with Crippen LogP contribution in [-0.4, -0.2) is 34.5 Å². The van der Waals surface area contributed by atoms with E-state index in [1.165, 1.54) is 12.1 Å².